The van der Waals surface area contributed by atoms with E-state index in [4.69, 9.17) is 16.0 Å². The van der Waals surface area contributed by atoms with Crippen LogP contribution in [0.2, 0.25) is 5.02 Å². The SMILES string of the molecule is Cc1ccc(-c2ccc(/C=C/C(=O)Nc3ccc(Br)cc3I)o2)cc1Cl. The molecule has 3 rings (SSSR count). The number of benzene rings is 2. The van der Waals surface area contributed by atoms with Gasteiger partial charge in [-0.05, 0) is 77.6 Å². The number of hydrogen-bond acceptors (Lipinski definition) is 2. The van der Waals surface area contributed by atoms with Crippen molar-refractivity contribution >= 4 is 67.8 Å². The lowest BCUT2D eigenvalue weighted by Crippen LogP contribution is -2.08. The highest BCUT2D eigenvalue weighted by Crippen LogP contribution is 2.27. The predicted molar refractivity (Wildman–Crippen MR) is 118 cm³/mol. The van der Waals surface area contributed by atoms with Crippen molar-refractivity contribution in [1.82, 2.24) is 0 Å². The molecule has 0 saturated heterocycles. The van der Waals surface area contributed by atoms with E-state index in [0.29, 0.717) is 16.5 Å². The molecule has 6 heteroatoms. The van der Waals surface area contributed by atoms with Gasteiger partial charge in [0.25, 0.3) is 0 Å². The highest BCUT2D eigenvalue weighted by atomic mass is 127. The molecule has 132 valence electrons. The van der Waals surface area contributed by atoms with Crippen molar-refractivity contribution in [2.75, 3.05) is 5.32 Å². The number of halogens is 3. The maximum Gasteiger partial charge on any atom is 0.248 e. The first-order valence-corrected chi connectivity index (χ1v) is 9.98. The summed E-state index contributed by atoms with van der Waals surface area (Å²) in [5, 5.41) is 3.54. The third-order valence-corrected chi connectivity index (χ3v) is 5.46. The fourth-order valence-electron chi connectivity index (χ4n) is 2.27. The Balaban J connectivity index is 1.69. The molecule has 1 heterocycles. The maximum absolute atomic E-state index is 12.1. The van der Waals surface area contributed by atoms with Gasteiger partial charge in [0, 0.05) is 24.7 Å². The van der Waals surface area contributed by atoms with Crippen molar-refractivity contribution in [2.24, 2.45) is 0 Å². The number of amides is 1. The minimum atomic E-state index is -0.221. The Morgan fingerprint density at radius 2 is 2.00 bits per heavy atom. The summed E-state index contributed by atoms with van der Waals surface area (Å²) in [4.78, 5) is 12.1. The molecular formula is C20H14BrClINO2. The highest BCUT2D eigenvalue weighted by molar-refractivity contribution is 14.1. The Morgan fingerprint density at radius 3 is 2.73 bits per heavy atom. The maximum atomic E-state index is 12.1. The van der Waals surface area contributed by atoms with E-state index in [1.165, 1.54) is 6.08 Å². The molecule has 2 aromatic carbocycles. The molecule has 0 bridgehead atoms. The zero-order valence-corrected chi connectivity index (χ0v) is 18.2. The summed E-state index contributed by atoms with van der Waals surface area (Å²) in [6.07, 6.45) is 3.09. The van der Waals surface area contributed by atoms with E-state index < -0.39 is 0 Å². The second kappa shape index (κ2) is 8.41. The number of rotatable bonds is 4. The van der Waals surface area contributed by atoms with E-state index in [-0.39, 0.29) is 5.91 Å². The third kappa shape index (κ3) is 4.78. The number of furan rings is 1. The Bertz CT molecular complexity index is 997. The van der Waals surface area contributed by atoms with E-state index >= 15 is 0 Å². The molecule has 3 aromatic rings. The van der Waals surface area contributed by atoms with Crippen molar-refractivity contribution in [3.05, 3.63) is 79.0 Å². The van der Waals surface area contributed by atoms with Crippen LogP contribution in [0.25, 0.3) is 17.4 Å². The molecule has 0 spiro atoms. The van der Waals surface area contributed by atoms with Crippen LogP contribution in [0.5, 0.6) is 0 Å². The molecule has 0 fully saturated rings. The van der Waals surface area contributed by atoms with Crippen LogP contribution >= 0.6 is 50.1 Å². The Hall–Kier alpha value is -1.57. The van der Waals surface area contributed by atoms with E-state index in [1.807, 2.05) is 55.5 Å². The van der Waals surface area contributed by atoms with Gasteiger partial charge in [0.05, 0.1) is 5.69 Å². The fraction of sp³-hybridized carbons (Fsp3) is 0.0500. The predicted octanol–water partition coefficient (Wildman–Crippen LogP) is 6.93. The molecule has 1 aromatic heterocycles. The van der Waals surface area contributed by atoms with Gasteiger partial charge in [0.15, 0.2) is 0 Å². The molecule has 0 saturated carbocycles. The van der Waals surface area contributed by atoms with E-state index in [2.05, 4.69) is 43.8 Å². The largest absolute Gasteiger partial charge is 0.457 e. The van der Waals surface area contributed by atoms with Crippen LogP contribution in [0.4, 0.5) is 5.69 Å². The van der Waals surface area contributed by atoms with Crippen molar-refractivity contribution in [1.29, 1.82) is 0 Å². The van der Waals surface area contributed by atoms with Crippen molar-refractivity contribution in [3.8, 4) is 11.3 Å². The molecule has 3 nitrogen and oxygen atoms in total. The van der Waals surface area contributed by atoms with Gasteiger partial charge >= 0.3 is 0 Å². The van der Waals surface area contributed by atoms with Gasteiger partial charge < -0.3 is 9.73 Å². The highest BCUT2D eigenvalue weighted by Gasteiger charge is 2.07. The van der Waals surface area contributed by atoms with Gasteiger partial charge in [0.1, 0.15) is 11.5 Å². The Morgan fingerprint density at radius 1 is 1.19 bits per heavy atom. The van der Waals surface area contributed by atoms with Gasteiger partial charge in [-0.2, -0.15) is 0 Å². The normalized spacial score (nSPS) is 11.1. The molecular weight excluding hydrogens is 528 g/mol. The molecule has 0 atom stereocenters. The average molecular weight is 543 g/mol. The van der Waals surface area contributed by atoms with Crippen LogP contribution in [-0.2, 0) is 4.79 Å². The summed E-state index contributed by atoms with van der Waals surface area (Å²) < 4.78 is 7.69. The molecule has 0 unspecified atom stereocenters. The van der Waals surface area contributed by atoms with Crippen LogP contribution < -0.4 is 5.32 Å². The van der Waals surface area contributed by atoms with Crippen LogP contribution in [-0.4, -0.2) is 5.91 Å². The van der Waals surface area contributed by atoms with Crippen LogP contribution in [0.15, 0.2) is 63.5 Å². The zero-order chi connectivity index (χ0) is 18.7. The standard InChI is InChI=1S/C20H14BrClINO2/c1-12-2-3-13(10-16(12)22)19-8-5-15(26-19)6-9-20(25)24-18-7-4-14(21)11-17(18)23/h2-11H,1H3,(H,24,25)/b9-6+. The first-order valence-electron chi connectivity index (χ1n) is 7.73. The van der Waals surface area contributed by atoms with Gasteiger partial charge in [-0.25, -0.2) is 0 Å². The smallest absolute Gasteiger partial charge is 0.248 e. The molecule has 1 amide bonds. The monoisotopic (exact) mass is 541 g/mol. The van der Waals surface area contributed by atoms with Crippen LogP contribution in [0.1, 0.15) is 11.3 Å². The van der Waals surface area contributed by atoms with Gasteiger partial charge in [-0.1, -0.05) is 39.7 Å². The van der Waals surface area contributed by atoms with Crippen molar-refractivity contribution in [3.63, 3.8) is 0 Å². The number of carbonyl (C=O) groups excluding carboxylic acids is 1. The first-order chi connectivity index (χ1) is 12.4. The number of carbonyl (C=O) groups is 1. The lowest BCUT2D eigenvalue weighted by molar-refractivity contribution is -0.111. The number of aryl methyl sites for hydroxylation is 1. The number of anilines is 1. The lowest BCUT2D eigenvalue weighted by atomic mass is 10.1. The van der Waals surface area contributed by atoms with Gasteiger partial charge in [-0.15, -0.1) is 0 Å². The number of hydrogen-bond donors (Lipinski definition) is 1. The Labute approximate surface area is 178 Å². The molecule has 0 aliphatic carbocycles. The summed E-state index contributed by atoms with van der Waals surface area (Å²) in [6, 6.07) is 15.1. The molecule has 0 radical (unpaired) electrons. The second-order valence-electron chi connectivity index (χ2n) is 5.61. The first kappa shape index (κ1) is 19.2. The van der Waals surface area contributed by atoms with Crippen molar-refractivity contribution < 1.29 is 9.21 Å². The summed E-state index contributed by atoms with van der Waals surface area (Å²) in [5.41, 5.74) is 2.67. The van der Waals surface area contributed by atoms with Crippen molar-refractivity contribution in [2.45, 2.75) is 6.92 Å². The van der Waals surface area contributed by atoms with Crippen LogP contribution in [0.3, 0.4) is 0 Å². The quantitative estimate of drug-likeness (QED) is 0.287. The zero-order valence-electron chi connectivity index (χ0n) is 13.7. The Kier molecular flexibility index (Phi) is 6.21. The molecule has 26 heavy (non-hydrogen) atoms. The third-order valence-electron chi connectivity index (χ3n) is 3.67. The molecule has 0 aliphatic heterocycles. The molecule has 0 aliphatic rings. The summed E-state index contributed by atoms with van der Waals surface area (Å²) >= 11 is 11.7. The minimum Gasteiger partial charge on any atom is -0.457 e. The van der Waals surface area contributed by atoms with E-state index in [1.54, 1.807) is 6.08 Å². The van der Waals surface area contributed by atoms with Gasteiger partial charge in [0.2, 0.25) is 5.91 Å². The second-order valence-corrected chi connectivity index (χ2v) is 8.10. The summed E-state index contributed by atoms with van der Waals surface area (Å²) in [5.74, 6) is 1.08. The lowest BCUT2D eigenvalue weighted by Gasteiger charge is -2.05. The number of nitrogens with one attached hydrogen (secondary N) is 1. The minimum absolute atomic E-state index is 0.221. The fourth-order valence-corrected chi connectivity index (χ4v) is 3.89. The summed E-state index contributed by atoms with van der Waals surface area (Å²) in [6.45, 7) is 1.95. The summed E-state index contributed by atoms with van der Waals surface area (Å²) in [7, 11) is 0. The molecule has 1 N–H and O–H groups in total. The van der Waals surface area contributed by atoms with E-state index in [9.17, 15) is 4.79 Å². The van der Waals surface area contributed by atoms with Crippen LogP contribution in [0, 0.1) is 10.5 Å². The average Bonchev–Trinajstić information content (AvgIpc) is 3.07. The van der Waals surface area contributed by atoms with Gasteiger partial charge in [-0.3, -0.25) is 4.79 Å². The van der Waals surface area contributed by atoms with E-state index in [0.717, 1.165) is 24.9 Å². The topological polar surface area (TPSA) is 42.2 Å².